The van der Waals surface area contributed by atoms with Crippen LogP contribution in [0.1, 0.15) is 0 Å². The molecule has 0 amide bonds. The Morgan fingerprint density at radius 2 is 1.94 bits per heavy atom. The standard InChI is InChI=1S/C10H10FN3O3S/c1-17-10-6-9(12)14(13-10)18(15,16)8-4-2-7(11)3-5-8/h2-6H,12H2,1H3. The lowest BCUT2D eigenvalue weighted by Crippen LogP contribution is -2.16. The van der Waals surface area contributed by atoms with Crippen molar-refractivity contribution in [1.29, 1.82) is 0 Å². The molecule has 0 bridgehead atoms. The average molecular weight is 271 g/mol. The summed E-state index contributed by atoms with van der Waals surface area (Å²) < 4.78 is 42.5. The molecular formula is C10H10FN3O3S. The first-order valence-corrected chi connectivity index (χ1v) is 6.30. The normalized spacial score (nSPS) is 11.4. The lowest BCUT2D eigenvalue weighted by Gasteiger charge is -2.05. The fraction of sp³-hybridized carbons (Fsp3) is 0.100. The van der Waals surface area contributed by atoms with Gasteiger partial charge in [-0.2, -0.15) is 8.42 Å². The molecule has 1 heterocycles. The summed E-state index contributed by atoms with van der Waals surface area (Å²) in [4.78, 5) is -0.110. The molecule has 2 aromatic rings. The maximum atomic E-state index is 12.8. The van der Waals surface area contributed by atoms with Gasteiger partial charge in [0.25, 0.3) is 10.0 Å². The number of hydrogen-bond acceptors (Lipinski definition) is 5. The van der Waals surface area contributed by atoms with Gasteiger partial charge in [0, 0.05) is 6.07 Å². The second kappa shape index (κ2) is 4.30. The van der Waals surface area contributed by atoms with Gasteiger partial charge in [0.2, 0.25) is 5.88 Å². The summed E-state index contributed by atoms with van der Waals surface area (Å²) in [5.41, 5.74) is 5.54. The number of halogens is 1. The molecule has 2 N–H and O–H groups in total. The number of anilines is 1. The van der Waals surface area contributed by atoms with Crippen molar-refractivity contribution >= 4 is 15.8 Å². The third-order valence-electron chi connectivity index (χ3n) is 2.23. The van der Waals surface area contributed by atoms with E-state index in [9.17, 15) is 12.8 Å². The van der Waals surface area contributed by atoms with Crippen molar-refractivity contribution in [3.05, 3.63) is 36.1 Å². The van der Waals surface area contributed by atoms with Crippen molar-refractivity contribution in [2.75, 3.05) is 12.8 Å². The lowest BCUT2D eigenvalue weighted by atomic mass is 10.4. The zero-order chi connectivity index (χ0) is 13.3. The summed E-state index contributed by atoms with van der Waals surface area (Å²) in [5.74, 6) is -0.533. The third-order valence-corrected chi connectivity index (χ3v) is 3.85. The van der Waals surface area contributed by atoms with Crippen LogP contribution in [0.25, 0.3) is 0 Å². The Bertz CT molecular complexity index is 664. The number of hydrogen-bond donors (Lipinski definition) is 1. The Hall–Kier alpha value is -2.09. The van der Waals surface area contributed by atoms with E-state index in [0.29, 0.717) is 4.09 Å². The Morgan fingerprint density at radius 1 is 1.33 bits per heavy atom. The van der Waals surface area contributed by atoms with Crippen molar-refractivity contribution in [2.24, 2.45) is 0 Å². The van der Waals surface area contributed by atoms with Gasteiger partial charge in [0.15, 0.2) is 0 Å². The van der Waals surface area contributed by atoms with E-state index in [-0.39, 0.29) is 16.6 Å². The van der Waals surface area contributed by atoms with E-state index in [2.05, 4.69) is 5.10 Å². The molecule has 96 valence electrons. The van der Waals surface area contributed by atoms with Crippen LogP contribution >= 0.6 is 0 Å². The maximum absolute atomic E-state index is 12.8. The van der Waals surface area contributed by atoms with Gasteiger partial charge >= 0.3 is 0 Å². The van der Waals surface area contributed by atoms with Crippen LogP contribution in [-0.2, 0) is 10.0 Å². The minimum Gasteiger partial charge on any atom is -0.480 e. The average Bonchev–Trinajstić information content (AvgIpc) is 2.72. The molecule has 0 aliphatic heterocycles. The zero-order valence-corrected chi connectivity index (χ0v) is 10.2. The molecule has 8 heteroatoms. The highest BCUT2D eigenvalue weighted by atomic mass is 32.2. The number of aromatic nitrogens is 2. The van der Waals surface area contributed by atoms with Gasteiger partial charge in [0.1, 0.15) is 11.6 Å². The monoisotopic (exact) mass is 271 g/mol. The number of benzene rings is 1. The van der Waals surface area contributed by atoms with Gasteiger partial charge in [-0.25, -0.2) is 4.39 Å². The summed E-state index contributed by atoms with van der Waals surface area (Å²) in [6.45, 7) is 0. The van der Waals surface area contributed by atoms with Gasteiger partial charge < -0.3 is 10.5 Å². The minimum absolute atomic E-state index is 0.0817. The molecule has 0 spiro atoms. The number of nitrogens with two attached hydrogens (primary N) is 1. The number of methoxy groups -OCH3 is 1. The van der Waals surface area contributed by atoms with E-state index in [1.807, 2.05) is 0 Å². The number of ether oxygens (including phenoxy) is 1. The first kappa shape index (κ1) is 12.4. The minimum atomic E-state index is -3.94. The molecule has 0 saturated heterocycles. The molecule has 0 saturated carbocycles. The molecule has 1 aromatic carbocycles. The first-order chi connectivity index (χ1) is 8.45. The fourth-order valence-corrected chi connectivity index (χ4v) is 2.55. The second-order valence-electron chi connectivity index (χ2n) is 3.41. The van der Waals surface area contributed by atoms with Gasteiger partial charge in [-0.1, -0.05) is 0 Å². The molecular weight excluding hydrogens is 261 g/mol. The van der Waals surface area contributed by atoms with E-state index in [4.69, 9.17) is 10.5 Å². The SMILES string of the molecule is COc1cc(N)n(S(=O)(=O)c2ccc(F)cc2)n1. The topological polar surface area (TPSA) is 87.2 Å². The molecule has 0 aliphatic carbocycles. The lowest BCUT2D eigenvalue weighted by molar-refractivity contribution is 0.395. The smallest absolute Gasteiger partial charge is 0.284 e. The van der Waals surface area contributed by atoms with Crippen LogP contribution in [0.3, 0.4) is 0 Å². The van der Waals surface area contributed by atoms with E-state index < -0.39 is 15.8 Å². The molecule has 2 rings (SSSR count). The van der Waals surface area contributed by atoms with E-state index in [1.165, 1.54) is 13.2 Å². The molecule has 0 fully saturated rings. The Kier molecular flexibility index (Phi) is 2.95. The van der Waals surface area contributed by atoms with Crippen molar-refractivity contribution in [3.63, 3.8) is 0 Å². The van der Waals surface area contributed by atoms with Crippen LogP contribution in [-0.4, -0.2) is 24.7 Å². The number of rotatable bonds is 3. The molecule has 0 atom stereocenters. The predicted molar refractivity (Wildman–Crippen MR) is 62.2 cm³/mol. The van der Waals surface area contributed by atoms with Crippen molar-refractivity contribution in [3.8, 4) is 5.88 Å². The quantitative estimate of drug-likeness (QED) is 0.894. The predicted octanol–water partition coefficient (Wildman–Crippen LogP) is 0.850. The van der Waals surface area contributed by atoms with E-state index in [0.717, 1.165) is 24.3 Å². The summed E-state index contributed by atoms with van der Waals surface area (Å²) in [6, 6.07) is 5.64. The Labute approximate surface area is 103 Å². The van der Waals surface area contributed by atoms with Gasteiger partial charge in [-0.3, -0.25) is 0 Å². The van der Waals surface area contributed by atoms with E-state index >= 15 is 0 Å². The molecule has 0 aliphatic rings. The van der Waals surface area contributed by atoms with Crippen molar-refractivity contribution in [1.82, 2.24) is 9.19 Å². The summed E-state index contributed by atoms with van der Waals surface area (Å²) in [7, 11) is -2.60. The third kappa shape index (κ3) is 2.02. The molecule has 0 unspecified atom stereocenters. The molecule has 1 aromatic heterocycles. The maximum Gasteiger partial charge on any atom is 0.284 e. The first-order valence-electron chi connectivity index (χ1n) is 4.86. The zero-order valence-electron chi connectivity index (χ0n) is 9.37. The van der Waals surface area contributed by atoms with Gasteiger partial charge in [-0.05, 0) is 24.3 Å². The van der Waals surface area contributed by atoms with Crippen LogP contribution < -0.4 is 10.5 Å². The highest BCUT2D eigenvalue weighted by molar-refractivity contribution is 7.90. The number of nitrogens with zero attached hydrogens (tertiary/aromatic N) is 2. The second-order valence-corrected chi connectivity index (χ2v) is 5.18. The largest absolute Gasteiger partial charge is 0.480 e. The summed E-state index contributed by atoms with van der Waals surface area (Å²) >= 11 is 0. The van der Waals surface area contributed by atoms with Gasteiger partial charge in [0.05, 0.1) is 12.0 Å². The number of nitrogen functional groups attached to an aromatic ring is 1. The van der Waals surface area contributed by atoms with Gasteiger partial charge in [-0.15, -0.1) is 9.19 Å². The highest BCUT2D eigenvalue weighted by Gasteiger charge is 2.21. The van der Waals surface area contributed by atoms with Crippen LogP contribution in [0, 0.1) is 5.82 Å². The van der Waals surface area contributed by atoms with Crippen molar-refractivity contribution < 1.29 is 17.5 Å². The Balaban J connectivity index is 2.54. The fourth-order valence-electron chi connectivity index (χ4n) is 1.36. The van der Waals surface area contributed by atoms with Crippen LogP contribution in [0.2, 0.25) is 0 Å². The van der Waals surface area contributed by atoms with Crippen LogP contribution in [0.4, 0.5) is 10.2 Å². The molecule has 6 nitrogen and oxygen atoms in total. The van der Waals surface area contributed by atoms with Crippen molar-refractivity contribution in [2.45, 2.75) is 4.90 Å². The van der Waals surface area contributed by atoms with Crippen LogP contribution in [0.5, 0.6) is 5.88 Å². The molecule has 18 heavy (non-hydrogen) atoms. The molecule has 0 radical (unpaired) electrons. The summed E-state index contributed by atoms with van der Waals surface area (Å²) in [5, 5.41) is 3.69. The summed E-state index contributed by atoms with van der Waals surface area (Å²) in [6.07, 6.45) is 0. The van der Waals surface area contributed by atoms with E-state index in [1.54, 1.807) is 0 Å². The Morgan fingerprint density at radius 3 is 2.44 bits per heavy atom. The highest BCUT2D eigenvalue weighted by Crippen LogP contribution is 2.20. The van der Waals surface area contributed by atoms with Crippen LogP contribution in [0.15, 0.2) is 35.2 Å².